The van der Waals surface area contributed by atoms with Crippen LogP contribution in [-0.4, -0.2) is 15.8 Å². The number of hydrogen-bond acceptors (Lipinski definition) is 5. The zero-order valence-electron chi connectivity index (χ0n) is 12.4. The molecule has 0 fully saturated rings. The predicted molar refractivity (Wildman–Crippen MR) is 83.6 cm³/mol. The van der Waals surface area contributed by atoms with E-state index in [1.807, 2.05) is 19.9 Å². The molecule has 0 aliphatic heterocycles. The maximum atomic E-state index is 12.2. The van der Waals surface area contributed by atoms with E-state index in [2.05, 4.69) is 5.32 Å². The summed E-state index contributed by atoms with van der Waals surface area (Å²) in [4.78, 5) is 32.3. The lowest BCUT2D eigenvalue weighted by molar-refractivity contribution is -0.394. The summed E-state index contributed by atoms with van der Waals surface area (Å²) in [5, 5.41) is 24.3. The van der Waals surface area contributed by atoms with E-state index in [0.717, 1.165) is 29.3 Å². The molecule has 1 N–H and O–H groups in total. The number of hydrogen-bond donors (Lipinski definition) is 1. The fraction of sp³-hybridized carbons (Fsp3) is 0.133. The topological polar surface area (TPSA) is 115 Å². The highest BCUT2D eigenvalue weighted by Gasteiger charge is 2.20. The zero-order chi connectivity index (χ0) is 17.1. The smallest absolute Gasteiger partial charge is 0.277 e. The van der Waals surface area contributed by atoms with E-state index in [9.17, 15) is 25.0 Å². The summed E-state index contributed by atoms with van der Waals surface area (Å²) in [6, 6.07) is 8.07. The first kappa shape index (κ1) is 16.1. The van der Waals surface area contributed by atoms with Gasteiger partial charge in [0.1, 0.15) is 0 Å². The number of anilines is 1. The van der Waals surface area contributed by atoms with Gasteiger partial charge >= 0.3 is 0 Å². The quantitative estimate of drug-likeness (QED) is 0.686. The molecule has 8 heteroatoms. The molecular weight excluding hydrogens is 302 g/mol. The van der Waals surface area contributed by atoms with Gasteiger partial charge in [-0.2, -0.15) is 0 Å². The molecule has 0 saturated heterocycles. The molecule has 0 atom stereocenters. The molecule has 0 spiro atoms. The number of carbonyl (C=O) groups is 1. The molecule has 0 aromatic heterocycles. The number of carbonyl (C=O) groups excluding carboxylic acids is 1. The average Bonchev–Trinajstić information content (AvgIpc) is 2.50. The molecule has 0 saturated carbocycles. The van der Waals surface area contributed by atoms with Crippen molar-refractivity contribution in [1.29, 1.82) is 0 Å². The van der Waals surface area contributed by atoms with Gasteiger partial charge in [0.05, 0.1) is 21.5 Å². The highest BCUT2D eigenvalue weighted by Crippen LogP contribution is 2.23. The first-order chi connectivity index (χ1) is 10.8. The first-order valence-electron chi connectivity index (χ1n) is 6.60. The van der Waals surface area contributed by atoms with Gasteiger partial charge in [0.2, 0.25) is 0 Å². The zero-order valence-corrected chi connectivity index (χ0v) is 12.4. The van der Waals surface area contributed by atoms with Gasteiger partial charge in [0.15, 0.2) is 0 Å². The lowest BCUT2D eigenvalue weighted by Crippen LogP contribution is -2.13. The standard InChI is InChI=1S/C15H13N3O5/c1-9-3-4-12(5-10(9)2)16-15(19)11-6-13(17(20)21)8-14(7-11)18(22)23/h3-8H,1-2H3,(H,16,19). The second-order valence-corrected chi connectivity index (χ2v) is 5.01. The van der Waals surface area contributed by atoms with Crippen LogP contribution in [0.25, 0.3) is 0 Å². The Bertz CT molecular complexity index is 785. The summed E-state index contributed by atoms with van der Waals surface area (Å²) in [5.41, 5.74) is 1.35. The highest BCUT2D eigenvalue weighted by molar-refractivity contribution is 6.05. The normalized spacial score (nSPS) is 10.2. The Balaban J connectivity index is 2.36. The molecule has 8 nitrogen and oxygen atoms in total. The summed E-state index contributed by atoms with van der Waals surface area (Å²) >= 11 is 0. The summed E-state index contributed by atoms with van der Waals surface area (Å²) in [5.74, 6) is -0.653. The third-order valence-electron chi connectivity index (χ3n) is 3.35. The highest BCUT2D eigenvalue weighted by atomic mass is 16.6. The van der Waals surface area contributed by atoms with E-state index in [1.54, 1.807) is 12.1 Å². The van der Waals surface area contributed by atoms with Crippen molar-refractivity contribution in [2.45, 2.75) is 13.8 Å². The molecule has 118 valence electrons. The van der Waals surface area contributed by atoms with Crippen LogP contribution < -0.4 is 5.32 Å². The first-order valence-corrected chi connectivity index (χ1v) is 6.60. The second kappa shape index (κ2) is 6.22. The fourth-order valence-corrected chi connectivity index (χ4v) is 1.96. The Hall–Kier alpha value is -3.29. The maximum absolute atomic E-state index is 12.2. The van der Waals surface area contributed by atoms with E-state index in [1.165, 1.54) is 0 Å². The van der Waals surface area contributed by atoms with Crippen LogP contribution in [-0.2, 0) is 0 Å². The van der Waals surface area contributed by atoms with E-state index in [-0.39, 0.29) is 5.56 Å². The number of nitrogens with zero attached hydrogens (tertiary/aromatic N) is 2. The van der Waals surface area contributed by atoms with Gasteiger partial charge in [-0.3, -0.25) is 25.0 Å². The van der Waals surface area contributed by atoms with E-state index >= 15 is 0 Å². The SMILES string of the molecule is Cc1ccc(NC(=O)c2cc([N+](=O)[O-])cc([N+](=O)[O-])c2)cc1C. The molecular formula is C15H13N3O5. The summed E-state index contributed by atoms with van der Waals surface area (Å²) < 4.78 is 0. The molecule has 2 aromatic rings. The Morgan fingerprint density at radius 2 is 1.48 bits per heavy atom. The molecule has 0 aliphatic carbocycles. The van der Waals surface area contributed by atoms with Crippen molar-refractivity contribution >= 4 is 23.0 Å². The van der Waals surface area contributed by atoms with Crippen molar-refractivity contribution in [1.82, 2.24) is 0 Å². The van der Waals surface area contributed by atoms with Gasteiger partial charge in [0, 0.05) is 17.8 Å². The number of aryl methyl sites for hydroxylation is 2. The number of benzene rings is 2. The molecule has 0 aliphatic rings. The third-order valence-corrected chi connectivity index (χ3v) is 3.35. The van der Waals surface area contributed by atoms with Crippen molar-refractivity contribution < 1.29 is 14.6 Å². The molecule has 2 aromatic carbocycles. The van der Waals surface area contributed by atoms with Gasteiger partial charge < -0.3 is 5.32 Å². The Morgan fingerprint density at radius 3 is 1.96 bits per heavy atom. The Morgan fingerprint density at radius 1 is 0.913 bits per heavy atom. The molecule has 0 radical (unpaired) electrons. The van der Waals surface area contributed by atoms with Crippen LogP contribution in [0.1, 0.15) is 21.5 Å². The molecule has 0 unspecified atom stereocenters. The number of non-ortho nitro benzene ring substituents is 2. The van der Waals surface area contributed by atoms with E-state index in [4.69, 9.17) is 0 Å². The number of amides is 1. The third kappa shape index (κ3) is 3.67. The van der Waals surface area contributed by atoms with E-state index in [0.29, 0.717) is 5.69 Å². The van der Waals surface area contributed by atoms with Crippen molar-refractivity contribution in [3.8, 4) is 0 Å². The van der Waals surface area contributed by atoms with Crippen LogP contribution in [0.15, 0.2) is 36.4 Å². The Kier molecular flexibility index (Phi) is 4.35. The van der Waals surface area contributed by atoms with Gasteiger partial charge in [-0.15, -0.1) is 0 Å². The number of nitrogens with one attached hydrogen (secondary N) is 1. The molecule has 2 rings (SSSR count). The Labute approximate surface area is 131 Å². The lowest BCUT2D eigenvalue weighted by Gasteiger charge is -2.07. The van der Waals surface area contributed by atoms with Gasteiger partial charge in [-0.1, -0.05) is 6.07 Å². The maximum Gasteiger partial charge on any atom is 0.277 e. The summed E-state index contributed by atoms with van der Waals surface area (Å²) in [6.07, 6.45) is 0. The van der Waals surface area contributed by atoms with E-state index < -0.39 is 27.1 Å². The minimum Gasteiger partial charge on any atom is -0.322 e. The van der Waals surface area contributed by atoms with Crippen molar-refractivity contribution in [3.63, 3.8) is 0 Å². The van der Waals surface area contributed by atoms with Crippen molar-refractivity contribution in [2.24, 2.45) is 0 Å². The molecule has 0 bridgehead atoms. The second-order valence-electron chi connectivity index (χ2n) is 5.01. The summed E-state index contributed by atoms with van der Waals surface area (Å²) in [6.45, 7) is 3.80. The minimum absolute atomic E-state index is 0.149. The minimum atomic E-state index is -0.778. The molecule has 0 heterocycles. The van der Waals surface area contributed by atoms with Crippen molar-refractivity contribution in [2.75, 3.05) is 5.32 Å². The van der Waals surface area contributed by atoms with Gasteiger partial charge in [-0.05, 0) is 37.1 Å². The number of nitro benzene ring substituents is 2. The number of rotatable bonds is 4. The van der Waals surface area contributed by atoms with Gasteiger partial charge in [0.25, 0.3) is 17.3 Å². The predicted octanol–water partition coefficient (Wildman–Crippen LogP) is 3.37. The fourth-order valence-electron chi connectivity index (χ4n) is 1.96. The van der Waals surface area contributed by atoms with Crippen LogP contribution in [0.2, 0.25) is 0 Å². The van der Waals surface area contributed by atoms with Crippen LogP contribution in [0, 0.1) is 34.1 Å². The van der Waals surface area contributed by atoms with Gasteiger partial charge in [-0.25, -0.2) is 0 Å². The number of nitro groups is 2. The molecule has 1 amide bonds. The monoisotopic (exact) mass is 315 g/mol. The largest absolute Gasteiger partial charge is 0.322 e. The van der Waals surface area contributed by atoms with Crippen LogP contribution in [0.4, 0.5) is 17.1 Å². The van der Waals surface area contributed by atoms with Crippen LogP contribution >= 0.6 is 0 Å². The van der Waals surface area contributed by atoms with Crippen LogP contribution in [0.5, 0.6) is 0 Å². The lowest BCUT2D eigenvalue weighted by atomic mass is 10.1. The summed E-state index contributed by atoms with van der Waals surface area (Å²) in [7, 11) is 0. The molecule has 23 heavy (non-hydrogen) atoms. The van der Waals surface area contributed by atoms with Crippen LogP contribution in [0.3, 0.4) is 0 Å². The van der Waals surface area contributed by atoms with Crippen molar-refractivity contribution in [3.05, 3.63) is 73.3 Å². The average molecular weight is 315 g/mol.